The summed E-state index contributed by atoms with van der Waals surface area (Å²) >= 11 is 1.19. The molecule has 7 nitrogen and oxygen atoms in total. The number of hydrogen-bond donors (Lipinski definition) is 1. The van der Waals surface area contributed by atoms with E-state index in [0.717, 1.165) is 18.2 Å². The van der Waals surface area contributed by atoms with Gasteiger partial charge in [-0.15, -0.1) is 0 Å². The molecular weight excluding hydrogens is 568 g/mol. The van der Waals surface area contributed by atoms with Crippen molar-refractivity contribution in [3.8, 4) is 21.7 Å². The number of anilines is 1. The molecule has 0 atom stereocenters. The molecule has 2 N–H and O–H groups in total. The summed E-state index contributed by atoms with van der Waals surface area (Å²) < 4.78 is 84.9. The second kappa shape index (κ2) is 11.0. The first-order chi connectivity index (χ1) is 19.0. The Balaban J connectivity index is 1.58. The molecule has 2 aromatic carbocycles. The third kappa shape index (κ3) is 5.43. The van der Waals surface area contributed by atoms with Crippen LogP contribution in [0.3, 0.4) is 0 Å². The van der Waals surface area contributed by atoms with Crippen molar-refractivity contribution in [2.24, 2.45) is 11.7 Å². The summed E-state index contributed by atoms with van der Waals surface area (Å²) in [6.45, 7) is 0.914. The van der Waals surface area contributed by atoms with Crippen LogP contribution >= 0.6 is 11.3 Å². The highest BCUT2D eigenvalue weighted by Gasteiger charge is 2.30. The maximum Gasteiger partial charge on any atom is 0.220 e. The molecule has 40 heavy (non-hydrogen) atoms. The van der Waals surface area contributed by atoms with E-state index in [1.807, 2.05) is 4.90 Å². The number of sulfone groups is 1. The SMILES string of the molecule is NC(=O)C1CCN(c2nc(-c3c(F)ccc(CS(=O)(=O)c4cc(F)ccc4F)c3F)c(-c3ccncc3)s2)CC1. The highest BCUT2D eigenvalue weighted by Crippen LogP contribution is 2.43. The van der Waals surface area contributed by atoms with Crippen molar-refractivity contribution < 1.29 is 30.8 Å². The molecular formula is C27H22F4N4O3S2. The number of rotatable bonds is 7. The minimum Gasteiger partial charge on any atom is -0.369 e. The van der Waals surface area contributed by atoms with Gasteiger partial charge in [-0.25, -0.2) is 31.0 Å². The highest BCUT2D eigenvalue weighted by atomic mass is 32.2. The Labute approximate surface area is 231 Å². The van der Waals surface area contributed by atoms with Gasteiger partial charge in [-0.3, -0.25) is 9.78 Å². The summed E-state index contributed by atoms with van der Waals surface area (Å²) in [4.78, 5) is 21.5. The first kappa shape index (κ1) is 27.7. The zero-order chi connectivity index (χ0) is 28.6. The molecule has 13 heteroatoms. The van der Waals surface area contributed by atoms with Crippen LogP contribution in [0.25, 0.3) is 21.7 Å². The lowest BCUT2D eigenvalue weighted by atomic mass is 9.97. The normalized spacial score (nSPS) is 14.4. The maximum absolute atomic E-state index is 15.9. The number of hydrogen-bond acceptors (Lipinski definition) is 7. The van der Waals surface area contributed by atoms with Gasteiger partial charge in [0.25, 0.3) is 0 Å². The molecule has 5 rings (SSSR count). The number of thiazole rings is 1. The quantitative estimate of drug-likeness (QED) is 0.300. The van der Waals surface area contributed by atoms with Crippen molar-refractivity contribution in [3.63, 3.8) is 0 Å². The van der Waals surface area contributed by atoms with Crippen LogP contribution in [0, 0.1) is 29.2 Å². The highest BCUT2D eigenvalue weighted by molar-refractivity contribution is 7.90. The molecule has 1 amide bonds. The van der Waals surface area contributed by atoms with E-state index in [1.165, 1.54) is 23.7 Å². The number of carbonyl (C=O) groups is 1. The molecule has 3 heterocycles. The molecule has 1 fully saturated rings. The number of nitrogens with two attached hydrogens (primary N) is 1. The van der Waals surface area contributed by atoms with Crippen molar-refractivity contribution in [1.82, 2.24) is 9.97 Å². The van der Waals surface area contributed by atoms with E-state index >= 15 is 8.78 Å². The third-order valence-corrected chi connectivity index (χ3v) is 9.55. The average molecular weight is 591 g/mol. The largest absolute Gasteiger partial charge is 0.369 e. The van der Waals surface area contributed by atoms with E-state index < -0.39 is 54.9 Å². The Bertz CT molecular complexity index is 1690. The number of primary amides is 1. The number of nitrogens with zero attached hydrogens (tertiary/aromatic N) is 3. The lowest BCUT2D eigenvalue weighted by Crippen LogP contribution is -2.38. The zero-order valence-corrected chi connectivity index (χ0v) is 22.4. The number of halogens is 4. The van der Waals surface area contributed by atoms with Crippen molar-refractivity contribution >= 4 is 32.2 Å². The van der Waals surface area contributed by atoms with Crippen LogP contribution in [0.1, 0.15) is 18.4 Å². The molecule has 0 bridgehead atoms. The molecule has 4 aromatic rings. The van der Waals surface area contributed by atoms with E-state index in [2.05, 4.69) is 9.97 Å². The van der Waals surface area contributed by atoms with Gasteiger partial charge in [0, 0.05) is 37.0 Å². The van der Waals surface area contributed by atoms with Gasteiger partial charge in [0.2, 0.25) is 5.91 Å². The fraction of sp³-hybridized carbons (Fsp3) is 0.222. The van der Waals surface area contributed by atoms with Crippen LogP contribution in [0.4, 0.5) is 22.7 Å². The molecule has 1 aliphatic rings. The summed E-state index contributed by atoms with van der Waals surface area (Å²) in [5, 5.41) is 0.461. The van der Waals surface area contributed by atoms with Gasteiger partial charge in [0.15, 0.2) is 15.0 Å². The van der Waals surface area contributed by atoms with Crippen molar-refractivity contribution in [2.75, 3.05) is 18.0 Å². The van der Waals surface area contributed by atoms with Gasteiger partial charge in [-0.2, -0.15) is 0 Å². The van der Waals surface area contributed by atoms with Gasteiger partial charge in [0.1, 0.15) is 28.2 Å². The average Bonchev–Trinajstić information content (AvgIpc) is 3.37. The molecule has 0 spiro atoms. The molecule has 1 aliphatic heterocycles. The summed E-state index contributed by atoms with van der Waals surface area (Å²) in [6.07, 6.45) is 4.03. The predicted molar refractivity (Wildman–Crippen MR) is 142 cm³/mol. The molecule has 0 unspecified atom stereocenters. The lowest BCUT2D eigenvalue weighted by Gasteiger charge is -2.30. The second-order valence-electron chi connectivity index (χ2n) is 9.30. The Morgan fingerprint density at radius 1 is 1.00 bits per heavy atom. The van der Waals surface area contributed by atoms with Crippen LogP contribution in [0.2, 0.25) is 0 Å². The summed E-state index contributed by atoms with van der Waals surface area (Å²) in [7, 11) is -4.54. The lowest BCUT2D eigenvalue weighted by molar-refractivity contribution is -0.122. The molecule has 0 radical (unpaired) electrons. The Hall–Kier alpha value is -3.84. The molecule has 208 valence electrons. The number of carbonyl (C=O) groups excluding carboxylic acids is 1. The van der Waals surface area contributed by atoms with E-state index in [1.54, 1.807) is 12.1 Å². The fourth-order valence-corrected chi connectivity index (χ4v) is 7.16. The smallest absolute Gasteiger partial charge is 0.220 e. The standard InChI is InChI=1S/C27H22F4N4O3S2/c28-18-2-4-19(29)21(13-18)40(37,38)14-17-1-3-20(30)22(23(17)31)24-25(15-5-9-33-10-6-15)39-27(34-24)35-11-7-16(8-12-35)26(32)36/h1-6,9-10,13,16H,7-8,11-12,14H2,(H2,32,36). The van der Waals surface area contributed by atoms with Crippen molar-refractivity contribution in [3.05, 3.63) is 83.7 Å². The number of pyridine rings is 1. The van der Waals surface area contributed by atoms with Crippen molar-refractivity contribution in [1.29, 1.82) is 0 Å². The predicted octanol–water partition coefficient (Wildman–Crippen LogP) is 5.10. The number of amides is 1. The van der Waals surface area contributed by atoms with Crippen LogP contribution in [-0.4, -0.2) is 37.4 Å². The maximum atomic E-state index is 15.9. The summed E-state index contributed by atoms with van der Waals surface area (Å²) in [6, 6.07) is 7.12. The Kier molecular flexibility index (Phi) is 7.60. The van der Waals surface area contributed by atoms with Crippen molar-refractivity contribution in [2.45, 2.75) is 23.5 Å². The van der Waals surface area contributed by atoms with E-state index in [0.29, 0.717) is 53.6 Å². The van der Waals surface area contributed by atoms with Crippen LogP contribution in [-0.2, 0) is 20.4 Å². The number of aromatic nitrogens is 2. The minimum atomic E-state index is -4.54. The Morgan fingerprint density at radius 2 is 1.68 bits per heavy atom. The minimum absolute atomic E-state index is 0.0468. The topological polar surface area (TPSA) is 106 Å². The monoisotopic (exact) mass is 590 g/mol. The van der Waals surface area contributed by atoms with Gasteiger partial charge in [-0.1, -0.05) is 17.4 Å². The van der Waals surface area contributed by atoms with Gasteiger partial charge in [0.05, 0.1) is 21.9 Å². The van der Waals surface area contributed by atoms with E-state index in [9.17, 15) is 22.0 Å². The van der Waals surface area contributed by atoms with Gasteiger partial charge >= 0.3 is 0 Å². The van der Waals surface area contributed by atoms with Crippen LogP contribution in [0.5, 0.6) is 0 Å². The molecule has 0 aliphatic carbocycles. The van der Waals surface area contributed by atoms with E-state index in [4.69, 9.17) is 5.73 Å². The van der Waals surface area contributed by atoms with Gasteiger partial charge in [-0.05, 0) is 54.8 Å². The van der Waals surface area contributed by atoms with E-state index in [-0.39, 0.29) is 17.5 Å². The molecule has 0 saturated carbocycles. The molecule has 1 saturated heterocycles. The number of piperidine rings is 1. The first-order valence-corrected chi connectivity index (χ1v) is 14.6. The summed E-state index contributed by atoms with van der Waals surface area (Å²) in [5.74, 6) is -6.01. The van der Waals surface area contributed by atoms with Gasteiger partial charge < -0.3 is 10.6 Å². The third-order valence-electron chi connectivity index (χ3n) is 6.71. The summed E-state index contributed by atoms with van der Waals surface area (Å²) in [5.41, 5.74) is 4.99. The zero-order valence-electron chi connectivity index (χ0n) is 20.8. The fourth-order valence-electron chi connectivity index (χ4n) is 4.59. The molecule has 2 aromatic heterocycles. The Morgan fingerprint density at radius 3 is 2.35 bits per heavy atom. The van der Waals surface area contributed by atoms with Crippen LogP contribution < -0.4 is 10.6 Å². The second-order valence-corrected chi connectivity index (χ2v) is 12.2. The number of benzene rings is 2. The first-order valence-electron chi connectivity index (χ1n) is 12.2. The van der Waals surface area contributed by atoms with Crippen LogP contribution in [0.15, 0.2) is 59.8 Å².